The number of anilines is 1. The topological polar surface area (TPSA) is 73.7 Å². The molecule has 1 aromatic heterocycles. The summed E-state index contributed by atoms with van der Waals surface area (Å²) in [5.74, 6) is -2.96. The largest absolute Gasteiger partial charge is 0.481 e. The lowest BCUT2D eigenvalue weighted by Crippen LogP contribution is -2.51. The van der Waals surface area contributed by atoms with E-state index in [0.29, 0.717) is 0 Å². The molecule has 1 unspecified atom stereocenters. The molecular weight excluding hydrogens is 327 g/mol. The zero-order chi connectivity index (χ0) is 17.9. The van der Waals surface area contributed by atoms with Crippen LogP contribution in [0.5, 0.6) is 0 Å². The van der Waals surface area contributed by atoms with Crippen LogP contribution in [0.3, 0.4) is 0 Å². The molecule has 1 aliphatic heterocycles. The first-order chi connectivity index (χ1) is 11.3. The Morgan fingerprint density at radius 1 is 1.29 bits per heavy atom. The van der Waals surface area contributed by atoms with Crippen molar-refractivity contribution in [3.63, 3.8) is 0 Å². The van der Waals surface area contributed by atoms with Crippen LogP contribution in [0.25, 0.3) is 0 Å². The highest BCUT2D eigenvalue weighted by molar-refractivity contribution is 5.97. The zero-order valence-electron chi connectivity index (χ0n) is 13.1. The number of carbonyl (C=O) groups is 2. The van der Waals surface area contributed by atoms with Gasteiger partial charge in [-0.1, -0.05) is 6.92 Å². The van der Waals surface area contributed by atoms with Crippen LogP contribution in [0.4, 0.5) is 19.0 Å². The van der Waals surface area contributed by atoms with Crippen molar-refractivity contribution in [2.75, 3.05) is 31.1 Å². The van der Waals surface area contributed by atoms with E-state index in [1.807, 2.05) is 0 Å². The van der Waals surface area contributed by atoms with Crippen LogP contribution in [-0.2, 0) is 15.8 Å². The molecule has 132 valence electrons. The Bertz CT molecular complexity index is 613. The van der Waals surface area contributed by atoms with E-state index >= 15 is 0 Å². The minimum absolute atomic E-state index is 0.163. The maximum Gasteiger partial charge on any atom is 0.419 e. The Hall–Kier alpha value is -2.32. The van der Waals surface area contributed by atoms with Gasteiger partial charge in [0, 0.05) is 32.4 Å². The molecule has 1 N–H and O–H groups in total. The van der Waals surface area contributed by atoms with Crippen molar-refractivity contribution in [1.82, 2.24) is 9.88 Å². The molecule has 0 bridgehead atoms. The smallest absolute Gasteiger partial charge is 0.419 e. The minimum Gasteiger partial charge on any atom is -0.481 e. The van der Waals surface area contributed by atoms with Crippen molar-refractivity contribution in [1.29, 1.82) is 0 Å². The zero-order valence-corrected chi connectivity index (χ0v) is 13.1. The first-order valence-electron chi connectivity index (χ1n) is 7.54. The second-order valence-corrected chi connectivity index (χ2v) is 5.48. The van der Waals surface area contributed by atoms with E-state index in [1.165, 1.54) is 22.1 Å². The van der Waals surface area contributed by atoms with Crippen molar-refractivity contribution in [2.24, 2.45) is 5.92 Å². The molecule has 0 spiro atoms. The van der Waals surface area contributed by atoms with Gasteiger partial charge in [-0.25, -0.2) is 4.98 Å². The Morgan fingerprint density at radius 2 is 1.92 bits per heavy atom. The maximum absolute atomic E-state index is 13.1. The highest BCUT2D eigenvalue weighted by Gasteiger charge is 2.37. The number of carbonyl (C=O) groups excluding carboxylic acids is 1. The fourth-order valence-corrected chi connectivity index (χ4v) is 2.68. The molecule has 1 atom stereocenters. The highest BCUT2D eigenvalue weighted by Crippen LogP contribution is 2.35. The quantitative estimate of drug-likeness (QED) is 0.843. The molecule has 6 nitrogen and oxygen atoms in total. The van der Waals surface area contributed by atoms with Gasteiger partial charge in [-0.3, -0.25) is 9.59 Å². The summed E-state index contributed by atoms with van der Waals surface area (Å²) in [6.07, 6.45) is -3.04. The Morgan fingerprint density at radius 3 is 2.42 bits per heavy atom. The number of aromatic nitrogens is 1. The normalized spacial score (nSPS) is 16.8. The van der Waals surface area contributed by atoms with Gasteiger partial charge >= 0.3 is 12.1 Å². The fraction of sp³-hybridized carbons (Fsp3) is 0.533. The molecule has 2 rings (SSSR count). The van der Waals surface area contributed by atoms with Gasteiger partial charge in [0.2, 0.25) is 5.91 Å². The number of rotatable bonds is 4. The van der Waals surface area contributed by atoms with Crippen molar-refractivity contribution >= 4 is 17.7 Å². The van der Waals surface area contributed by atoms with Crippen molar-refractivity contribution in [3.05, 3.63) is 23.9 Å². The third kappa shape index (κ3) is 3.77. The molecule has 1 amide bonds. The van der Waals surface area contributed by atoms with Gasteiger partial charge in [0.1, 0.15) is 11.7 Å². The van der Waals surface area contributed by atoms with E-state index in [-0.39, 0.29) is 38.4 Å². The summed E-state index contributed by atoms with van der Waals surface area (Å²) in [6.45, 7) is 2.27. The van der Waals surface area contributed by atoms with Crippen molar-refractivity contribution in [2.45, 2.75) is 19.5 Å². The second-order valence-electron chi connectivity index (χ2n) is 5.48. The number of hydrogen-bond donors (Lipinski definition) is 1. The van der Waals surface area contributed by atoms with Crippen molar-refractivity contribution in [3.8, 4) is 0 Å². The van der Waals surface area contributed by atoms with Crippen LogP contribution in [0.1, 0.15) is 18.9 Å². The van der Waals surface area contributed by atoms with Crippen LogP contribution >= 0.6 is 0 Å². The lowest BCUT2D eigenvalue weighted by molar-refractivity contribution is -0.151. The number of nitrogens with zero attached hydrogens (tertiary/aromatic N) is 3. The molecule has 2 heterocycles. The number of piperazine rings is 1. The summed E-state index contributed by atoms with van der Waals surface area (Å²) in [6, 6.07) is 2.20. The number of carboxylic acid groups (broad SMARTS) is 1. The summed E-state index contributed by atoms with van der Waals surface area (Å²) in [5, 5.41) is 9.04. The molecule has 1 aromatic rings. The highest BCUT2D eigenvalue weighted by atomic mass is 19.4. The summed E-state index contributed by atoms with van der Waals surface area (Å²) in [4.78, 5) is 29.9. The van der Waals surface area contributed by atoms with Crippen molar-refractivity contribution < 1.29 is 27.9 Å². The van der Waals surface area contributed by atoms with Gasteiger partial charge < -0.3 is 14.9 Å². The number of halogens is 3. The Kier molecular flexibility index (Phi) is 5.30. The van der Waals surface area contributed by atoms with Gasteiger partial charge in [0.25, 0.3) is 0 Å². The monoisotopic (exact) mass is 345 g/mol. The molecular formula is C15H18F3N3O3. The average Bonchev–Trinajstić information content (AvgIpc) is 2.54. The molecule has 1 aliphatic rings. The van der Waals surface area contributed by atoms with E-state index in [0.717, 1.165) is 6.07 Å². The predicted molar refractivity (Wildman–Crippen MR) is 79.4 cm³/mol. The molecule has 1 fully saturated rings. The lowest BCUT2D eigenvalue weighted by atomic mass is 10.0. The molecule has 24 heavy (non-hydrogen) atoms. The van der Waals surface area contributed by atoms with E-state index < -0.39 is 29.5 Å². The summed E-state index contributed by atoms with van der Waals surface area (Å²) >= 11 is 0. The van der Waals surface area contributed by atoms with Crippen LogP contribution in [0, 0.1) is 5.92 Å². The molecule has 0 saturated carbocycles. The van der Waals surface area contributed by atoms with E-state index in [4.69, 9.17) is 5.11 Å². The summed E-state index contributed by atoms with van der Waals surface area (Å²) in [5.41, 5.74) is -0.818. The number of alkyl halides is 3. The van der Waals surface area contributed by atoms with Gasteiger partial charge in [0.05, 0.1) is 5.56 Å². The Balaban J connectivity index is 2.09. The van der Waals surface area contributed by atoms with E-state index in [1.54, 1.807) is 6.92 Å². The molecule has 9 heteroatoms. The Labute approximate surface area is 136 Å². The predicted octanol–water partition coefficient (Wildman–Crippen LogP) is 1.86. The van der Waals surface area contributed by atoms with Gasteiger partial charge in [0.15, 0.2) is 0 Å². The molecule has 0 aromatic carbocycles. The number of amides is 1. The minimum atomic E-state index is -4.51. The first-order valence-corrected chi connectivity index (χ1v) is 7.54. The third-order valence-electron chi connectivity index (χ3n) is 3.99. The summed E-state index contributed by atoms with van der Waals surface area (Å²) in [7, 11) is 0. The number of hydrogen-bond acceptors (Lipinski definition) is 4. The van der Waals surface area contributed by atoms with Crippen LogP contribution in [0.2, 0.25) is 0 Å². The van der Waals surface area contributed by atoms with E-state index in [2.05, 4.69) is 4.98 Å². The van der Waals surface area contributed by atoms with Crippen LogP contribution < -0.4 is 4.90 Å². The van der Waals surface area contributed by atoms with E-state index in [9.17, 15) is 22.8 Å². The summed E-state index contributed by atoms with van der Waals surface area (Å²) < 4.78 is 39.2. The van der Waals surface area contributed by atoms with Crippen LogP contribution in [0.15, 0.2) is 18.3 Å². The number of aliphatic carboxylic acids is 1. The lowest BCUT2D eigenvalue weighted by Gasteiger charge is -2.37. The van der Waals surface area contributed by atoms with Gasteiger partial charge in [-0.15, -0.1) is 0 Å². The molecule has 0 radical (unpaired) electrons. The third-order valence-corrected chi connectivity index (χ3v) is 3.99. The SMILES string of the molecule is CCC(C(=O)O)C(=O)N1CCN(c2ncccc2C(F)(F)F)CC1. The number of pyridine rings is 1. The first kappa shape index (κ1) is 18.0. The maximum atomic E-state index is 13.1. The fourth-order valence-electron chi connectivity index (χ4n) is 2.68. The molecule has 0 aliphatic carbocycles. The second kappa shape index (κ2) is 7.06. The van der Waals surface area contributed by atoms with Gasteiger partial charge in [-0.2, -0.15) is 13.2 Å². The van der Waals surface area contributed by atoms with Gasteiger partial charge in [-0.05, 0) is 18.6 Å². The average molecular weight is 345 g/mol. The standard InChI is InChI=1S/C15H18F3N3O3/c1-2-10(14(23)24)13(22)21-8-6-20(7-9-21)12-11(15(16,17)18)4-3-5-19-12/h3-5,10H,2,6-9H2,1H3,(H,23,24). The molecule has 1 saturated heterocycles. The van der Waals surface area contributed by atoms with Crippen LogP contribution in [-0.4, -0.2) is 53.0 Å². The number of carboxylic acids is 1.